The first-order valence-electron chi connectivity index (χ1n) is 9.21. The third kappa shape index (κ3) is 4.55. The van der Waals surface area contributed by atoms with Crippen molar-refractivity contribution in [3.63, 3.8) is 0 Å². The minimum absolute atomic E-state index is 0.0454. The van der Waals surface area contributed by atoms with Gasteiger partial charge in [0.25, 0.3) is 11.8 Å². The third-order valence-corrected chi connectivity index (χ3v) is 5.10. The molecule has 4 rings (SSSR count). The second-order valence-corrected chi connectivity index (χ2v) is 7.52. The van der Waals surface area contributed by atoms with Crippen LogP contribution in [0.25, 0.3) is 6.08 Å². The Morgan fingerprint density at radius 3 is 2.26 bits per heavy atom. The number of carbonyl (C=O) groups excluding carboxylic acids is 2. The van der Waals surface area contributed by atoms with E-state index in [0.717, 1.165) is 5.56 Å². The maximum absolute atomic E-state index is 13.0. The number of hydrazine groups is 1. The molecule has 0 radical (unpaired) electrons. The van der Waals surface area contributed by atoms with Crippen molar-refractivity contribution in [1.82, 2.24) is 5.43 Å². The topological polar surface area (TPSA) is 58.6 Å². The summed E-state index contributed by atoms with van der Waals surface area (Å²) in [6, 6.07) is 17.7. The van der Waals surface area contributed by atoms with Gasteiger partial charge in [0.05, 0.1) is 15.7 Å². The van der Waals surface area contributed by atoms with Gasteiger partial charge in [0.1, 0.15) is 18.0 Å². The molecule has 156 valence electrons. The second-order valence-electron chi connectivity index (χ2n) is 6.70. The van der Waals surface area contributed by atoms with Crippen molar-refractivity contribution in [2.45, 2.75) is 6.61 Å². The van der Waals surface area contributed by atoms with Crippen LogP contribution in [-0.2, 0) is 16.2 Å². The lowest BCUT2D eigenvalue weighted by Crippen LogP contribution is -2.35. The van der Waals surface area contributed by atoms with E-state index in [-0.39, 0.29) is 33.8 Å². The van der Waals surface area contributed by atoms with E-state index < -0.39 is 11.8 Å². The molecule has 1 saturated heterocycles. The molecular weight excluding hydrogens is 442 g/mol. The summed E-state index contributed by atoms with van der Waals surface area (Å²) in [7, 11) is 0. The van der Waals surface area contributed by atoms with Gasteiger partial charge in [-0.1, -0.05) is 53.5 Å². The third-order valence-electron chi connectivity index (χ3n) is 4.53. The predicted octanol–water partition coefficient (Wildman–Crippen LogP) is 5.17. The summed E-state index contributed by atoms with van der Waals surface area (Å²) in [6.07, 6.45) is 1.42. The van der Waals surface area contributed by atoms with Gasteiger partial charge in [-0.05, 0) is 53.6 Å². The van der Waals surface area contributed by atoms with Crippen LogP contribution >= 0.6 is 23.2 Å². The monoisotopic (exact) mass is 456 g/mol. The molecule has 1 aliphatic heterocycles. The molecule has 1 aliphatic rings. The van der Waals surface area contributed by atoms with Gasteiger partial charge in [-0.15, -0.1) is 0 Å². The van der Waals surface area contributed by atoms with E-state index in [0.29, 0.717) is 11.3 Å². The fraction of sp³-hybridized carbons (Fsp3) is 0.0435. The molecule has 2 amide bonds. The van der Waals surface area contributed by atoms with Gasteiger partial charge in [0.15, 0.2) is 5.75 Å². The predicted molar refractivity (Wildman–Crippen MR) is 117 cm³/mol. The summed E-state index contributed by atoms with van der Waals surface area (Å²) in [5, 5.41) is 1.61. The number of nitrogens with one attached hydrogen (secondary N) is 1. The summed E-state index contributed by atoms with van der Waals surface area (Å²) < 4.78 is 18.7. The maximum Gasteiger partial charge on any atom is 0.282 e. The SMILES string of the molecule is O=C1NN(c2ccccc2)C(=O)/C1=C\c1cc(Cl)c(OCc2ccc(F)cc2)c(Cl)c1. The molecule has 0 bridgehead atoms. The summed E-state index contributed by atoms with van der Waals surface area (Å²) in [6.45, 7) is 0.146. The van der Waals surface area contributed by atoms with E-state index in [1.54, 1.807) is 48.5 Å². The Kier molecular flexibility index (Phi) is 5.93. The fourth-order valence-electron chi connectivity index (χ4n) is 3.02. The van der Waals surface area contributed by atoms with E-state index in [2.05, 4.69) is 5.43 Å². The van der Waals surface area contributed by atoms with Gasteiger partial charge in [0.2, 0.25) is 0 Å². The number of halogens is 3. The number of nitrogens with zero attached hydrogens (tertiary/aromatic N) is 1. The van der Waals surface area contributed by atoms with Gasteiger partial charge in [-0.2, -0.15) is 0 Å². The average Bonchev–Trinajstić information content (AvgIpc) is 3.03. The summed E-state index contributed by atoms with van der Waals surface area (Å²) in [5.74, 6) is -1.10. The lowest BCUT2D eigenvalue weighted by atomic mass is 10.1. The lowest BCUT2D eigenvalue weighted by Gasteiger charge is -2.14. The normalized spacial score (nSPS) is 14.8. The highest BCUT2D eigenvalue weighted by molar-refractivity contribution is 6.37. The largest absolute Gasteiger partial charge is 0.486 e. The maximum atomic E-state index is 13.0. The van der Waals surface area contributed by atoms with Gasteiger partial charge in [-0.3, -0.25) is 15.0 Å². The van der Waals surface area contributed by atoms with Crippen LogP contribution in [0.5, 0.6) is 5.75 Å². The van der Waals surface area contributed by atoms with E-state index in [1.807, 2.05) is 6.07 Å². The van der Waals surface area contributed by atoms with Crippen molar-refractivity contribution in [1.29, 1.82) is 0 Å². The Hall–Kier alpha value is -3.35. The average molecular weight is 457 g/mol. The Bertz CT molecular complexity index is 1160. The summed E-state index contributed by atoms with van der Waals surface area (Å²) >= 11 is 12.6. The van der Waals surface area contributed by atoms with E-state index in [9.17, 15) is 14.0 Å². The highest BCUT2D eigenvalue weighted by atomic mass is 35.5. The molecule has 0 aromatic heterocycles. The van der Waals surface area contributed by atoms with Crippen LogP contribution in [0.2, 0.25) is 10.0 Å². The van der Waals surface area contributed by atoms with E-state index >= 15 is 0 Å². The number of amides is 2. The number of carbonyl (C=O) groups is 2. The summed E-state index contributed by atoms with van der Waals surface area (Å²) in [5.41, 5.74) is 4.25. The zero-order valence-electron chi connectivity index (χ0n) is 15.9. The minimum atomic E-state index is -0.530. The molecule has 1 fully saturated rings. The Balaban J connectivity index is 1.55. The van der Waals surface area contributed by atoms with Crippen molar-refractivity contribution < 1.29 is 18.7 Å². The highest BCUT2D eigenvalue weighted by Gasteiger charge is 2.34. The summed E-state index contributed by atoms with van der Waals surface area (Å²) in [4.78, 5) is 25.0. The Morgan fingerprint density at radius 1 is 0.968 bits per heavy atom. The molecule has 1 N–H and O–H groups in total. The number of para-hydroxylation sites is 1. The molecule has 31 heavy (non-hydrogen) atoms. The molecule has 5 nitrogen and oxygen atoms in total. The molecule has 1 heterocycles. The first-order valence-corrected chi connectivity index (χ1v) is 9.96. The van der Waals surface area contributed by atoms with Crippen molar-refractivity contribution >= 4 is 46.8 Å². The molecule has 0 saturated carbocycles. The van der Waals surface area contributed by atoms with Gasteiger partial charge in [-0.25, -0.2) is 9.40 Å². The molecule has 8 heteroatoms. The van der Waals surface area contributed by atoms with Gasteiger partial charge >= 0.3 is 0 Å². The van der Waals surface area contributed by atoms with Crippen molar-refractivity contribution in [2.75, 3.05) is 5.01 Å². The zero-order chi connectivity index (χ0) is 22.0. The molecule has 0 aliphatic carbocycles. The van der Waals surface area contributed by atoms with Gasteiger partial charge < -0.3 is 4.74 Å². The second kappa shape index (κ2) is 8.79. The molecule has 0 spiro atoms. The van der Waals surface area contributed by atoms with Crippen LogP contribution in [0.3, 0.4) is 0 Å². The standard InChI is InChI=1S/C23H15Cl2FN2O3/c24-19-11-15(12-20(25)21(19)31-13-14-6-8-16(26)9-7-14)10-18-22(29)27-28(23(18)30)17-4-2-1-3-5-17/h1-12H,13H2,(H,27,29)/b18-10-. The van der Waals surface area contributed by atoms with E-state index in [4.69, 9.17) is 27.9 Å². The van der Waals surface area contributed by atoms with Crippen LogP contribution in [0.15, 0.2) is 72.3 Å². The van der Waals surface area contributed by atoms with Gasteiger partial charge in [0, 0.05) is 0 Å². The van der Waals surface area contributed by atoms with Crippen molar-refractivity contribution in [3.8, 4) is 5.75 Å². The zero-order valence-corrected chi connectivity index (χ0v) is 17.5. The van der Waals surface area contributed by atoms with E-state index in [1.165, 1.54) is 23.2 Å². The highest BCUT2D eigenvalue weighted by Crippen LogP contribution is 2.36. The van der Waals surface area contributed by atoms with Crippen LogP contribution in [0, 0.1) is 5.82 Å². The van der Waals surface area contributed by atoms with Crippen molar-refractivity contribution in [3.05, 3.63) is 99.3 Å². The fourth-order valence-corrected chi connectivity index (χ4v) is 3.63. The van der Waals surface area contributed by atoms with Crippen LogP contribution in [-0.4, -0.2) is 11.8 Å². The number of anilines is 1. The molecule has 0 atom stereocenters. The van der Waals surface area contributed by atoms with Crippen LogP contribution in [0.4, 0.5) is 10.1 Å². The first-order chi connectivity index (χ1) is 14.9. The number of ether oxygens (including phenoxy) is 1. The smallest absolute Gasteiger partial charge is 0.282 e. The van der Waals surface area contributed by atoms with Crippen LogP contribution in [0.1, 0.15) is 11.1 Å². The lowest BCUT2D eigenvalue weighted by molar-refractivity contribution is -0.117. The van der Waals surface area contributed by atoms with Crippen LogP contribution < -0.4 is 15.2 Å². The minimum Gasteiger partial charge on any atom is -0.486 e. The first kappa shape index (κ1) is 20.9. The molecule has 0 unspecified atom stereocenters. The quantitative estimate of drug-likeness (QED) is 0.425. The molecular formula is C23H15Cl2FN2O3. The molecule has 3 aromatic rings. The Morgan fingerprint density at radius 2 is 1.61 bits per heavy atom. The molecule has 3 aromatic carbocycles. The number of benzene rings is 3. The number of rotatable bonds is 5. The Labute approximate surface area is 187 Å². The van der Waals surface area contributed by atoms with Crippen molar-refractivity contribution in [2.24, 2.45) is 0 Å². The number of hydrogen-bond acceptors (Lipinski definition) is 3. The number of hydrogen-bond donors (Lipinski definition) is 1.